The van der Waals surface area contributed by atoms with Gasteiger partial charge in [-0.15, -0.1) is 11.3 Å². The summed E-state index contributed by atoms with van der Waals surface area (Å²) in [5.74, 6) is 0. The minimum Gasteiger partial charge on any atom is -0.380 e. The lowest BCUT2D eigenvalue weighted by atomic mass is 10.2. The van der Waals surface area contributed by atoms with Crippen LogP contribution in [0.4, 0.5) is 0 Å². The molecule has 1 aromatic heterocycles. The van der Waals surface area contributed by atoms with E-state index in [1.807, 2.05) is 0 Å². The van der Waals surface area contributed by atoms with E-state index in [0.29, 0.717) is 6.61 Å². The third kappa shape index (κ3) is 1.24. The summed E-state index contributed by atoms with van der Waals surface area (Å²) in [6.45, 7) is 0.712. The highest BCUT2D eigenvalue weighted by atomic mass is 32.1. The van der Waals surface area contributed by atoms with Gasteiger partial charge in [-0.3, -0.25) is 0 Å². The number of rotatable bonds is 2. The van der Waals surface area contributed by atoms with Gasteiger partial charge < -0.3 is 4.74 Å². The molecular weight excluding hydrogens is 168 g/mol. The Balaban J connectivity index is 2.55. The van der Waals surface area contributed by atoms with Crippen molar-refractivity contribution in [1.29, 1.82) is 0 Å². The first kappa shape index (κ1) is 7.77. The Labute approximate surface area is 75.6 Å². The summed E-state index contributed by atoms with van der Waals surface area (Å²) in [4.78, 5) is 0. The van der Waals surface area contributed by atoms with Gasteiger partial charge in [0, 0.05) is 11.8 Å². The zero-order valence-corrected chi connectivity index (χ0v) is 7.73. The van der Waals surface area contributed by atoms with Crippen molar-refractivity contribution in [2.75, 3.05) is 7.11 Å². The molecule has 2 aromatic rings. The molecule has 0 unspecified atom stereocenters. The van der Waals surface area contributed by atoms with Gasteiger partial charge in [-0.25, -0.2) is 0 Å². The van der Waals surface area contributed by atoms with Gasteiger partial charge in [0.2, 0.25) is 0 Å². The van der Waals surface area contributed by atoms with Gasteiger partial charge in [0.25, 0.3) is 0 Å². The number of benzene rings is 1. The van der Waals surface area contributed by atoms with E-state index in [-0.39, 0.29) is 0 Å². The molecule has 0 N–H and O–H groups in total. The molecule has 1 heterocycles. The lowest BCUT2D eigenvalue weighted by Gasteiger charge is -1.95. The van der Waals surface area contributed by atoms with E-state index in [2.05, 4.69) is 29.6 Å². The first-order valence-electron chi connectivity index (χ1n) is 3.86. The zero-order chi connectivity index (χ0) is 8.39. The molecule has 62 valence electrons. The molecule has 0 fully saturated rings. The average molecular weight is 178 g/mol. The highest BCUT2D eigenvalue weighted by Crippen LogP contribution is 2.25. The second-order valence-corrected chi connectivity index (χ2v) is 3.60. The summed E-state index contributed by atoms with van der Waals surface area (Å²) in [6.07, 6.45) is 0. The number of methoxy groups -OCH3 is 1. The Bertz CT molecular complexity index is 378. The molecule has 12 heavy (non-hydrogen) atoms. The molecule has 0 spiro atoms. The van der Waals surface area contributed by atoms with E-state index in [0.717, 1.165) is 0 Å². The summed E-state index contributed by atoms with van der Waals surface area (Å²) >= 11 is 1.77. The first-order valence-corrected chi connectivity index (χ1v) is 4.74. The van der Waals surface area contributed by atoms with E-state index >= 15 is 0 Å². The van der Waals surface area contributed by atoms with E-state index in [1.54, 1.807) is 18.4 Å². The third-order valence-corrected chi connectivity index (χ3v) is 2.87. The SMILES string of the molecule is COCc1csc2ccccc12. The molecule has 0 bridgehead atoms. The Morgan fingerprint density at radius 3 is 3.00 bits per heavy atom. The quantitative estimate of drug-likeness (QED) is 0.686. The minimum absolute atomic E-state index is 0.712. The fourth-order valence-electron chi connectivity index (χ4n) is 1.30. The van der Waals surface area contributed by atoms with Crippen LogP contribution < -0.4 is 0 Å². The maximum absolute atomic E-state index is 5.10. The molecule has 2 heteroatoms. The highest BCUT2D eigenvalue weighted by molar-refractivity contribution is 7.17. The van der Waals surface area contributed by atoms with Crippen LogP contribution >= 0.6 is 11.3 Å². The molecule has 1 nitrogen and oxygen atoms in total. The van der Waals surface area contributed by atoms with Crippen molar-refractivity contribution >= 4 is 21.4 Å². The van der Waals surface area contributed by atoms with Crippen LogP contribution in [0.25, 0.3) is 10.1 Å². The Morgan fingerprint density at radius 1 is 1.33 bits per heavy atom. The maximum atomic E-state index is 5.10. The van der Waals surface area contributed by atoms with Crippen LogP contribution in [0.3, 0.4) is 0 Å². The lowest BCUT2D eigenvalue weighted by Crippen LogP contribution is -1.83. The Kier molecular flexibility index (Phi) is 2.11. The van der Waals surface area contributed by atoms with Crippen molar-refractivity contribution in [2.24, 2.45) is 0 Å². The summed E-state index contributed by atoms with van der Waals surface area (Å²) in [5, 5.41) is 3.48. The van der Waals surface area contributed by atoms with Crippen LogP contribution in [0.15, 0.2) is 29.6 Å². The van der Waals surface area contributed by atoms with Gasteiger partial charge in [-0.05, 0) is 22.4 Å². The van der Waals surface area contributed by atoms with Crippen molar-refractivity contribution in [1.82, 2.24) is 0 Å². The fourth-order valence-corrected chi connectivity index (χ4v) is 2.25. The second kappa shape index (κ2) is 3.25. The number of thiophene rings is 1. The van der Waals surface area contributed by atoms with Gasteiger partial charge in [0.15, 0.2) is 0 Å². The maximum Gasteiger partial charge on any atom is 0.0727 e. The smallest absolute Gasteiger partial charge is 0.0727 e. The standard InChI is InChI=1S/C10H10OS/c1-11-6-8-7-12-10-5-3-2-4-9(8)10/h2-5,7H,6H2,1H3. The summed E-state index contributed by atoms with van der Waals surface area (Å²) in [5.41, 5.74) is 1.29. The molecule has 0 aliphatic heterocycles. The summed E-state index contributed by atoms with van der Waals surface area (Å²) < 4.78 is 6.44. The first-order chi connectivity index (χ1) is 5.92. The van der Waals surface area contributed by atoms with E-state index in [9.17, 15) is 0 Å². The van der Waals surface area contributed by atoms with Gasteiger partial charge in [0.1, 0.15) is 0 Å². The Hall–Kier alpha value is -0.860. The zero-order valence-electron chi connectivity index (χ0n) is 6.91. The van der Waals surface area contributed by atoms with Crippen LogP contribution in [0, 0.1) is 0 Å². The van der Waals surface area contributed by atoms with Crippen molar-refractivity contribution in [3.63, 3.8) is 0 Å². The van der Waals surface area contributed by atoms with Crippen molar-refractivity contribution in [2.45, 2.75) is 6.61 Å². The van der Waals surface area contributed by atoms with Crippen LogP contribution in [0.1, 0.15) is 5.56 Å². The molecule has 0 amide bonds. The number of fused-ring (bicyclic) bond motifs is 1. The topological polar surface area (TPSA) is 9.23 Å². The summed E-state index contributed by atoms with van der Waals surface area (Å²) in [7, 11) is 1.73. The monoisotopic (exact) mass is 178 g/mol. The fraction of sp³-hybridized carbons (Fsp3) is 0.200. The molecule has 0 saturated carbocycles. The van der Waals surface area contributed by atoms with Crippen molar-refractivity contribution < 1.29 is 4.74 Å². The molecule has 0 saturated heterocycles. The molecule has 1 aromatic carbocycles. The van der Waals surface area contributed by atoms with Gasteiger partial charge in [-0.2, -0.15) is 0 Å². The van der Waals surface area contributed by atoms with Gasteiger partial charge in [0.05, 0.1) is 6.61 Å². The van der Waals surface area contributed by atoms with Crippen LogP contribution in [-0.2, 0) is 11.3 Å². The predicted molar refractivity (Wildman–Crippen MR) is 52.5 cm³/mol. The van der Waals surface area contributed by atoms with Gasteiger partial charge in [-0.1, -0.05) is 18.2 Å². The molecule has 0 radical (unpaired) electrons. The van der Waals surface area contributed by atoms with E-state index < -0.39 is 0 Å². The van der Waals surface area contributed by atoms with Crippen LogP contribution in [0.5, 0.6) is 0 Å². The highest BCUT2D eigenvalue weighted by Gasteiger charge is 2.00. The van der Waals surface area contributed by atoms with Crippen molar-refractivity contribution in [3.8, 4) is 0 Å². The van der Waals surface area contributed by atoms with E-state index in [4.69, 9.17) is 4.74 Å². The largest absolute Gasteiger partial charge is 0.380 e. The molecule has 0 aliphatic rings. The average Bonchev–Trinajstić information content (AvgIpc) is 2.50. The molecule has 0 atom stereocenters. The molecule has 2 rings (SSSR count). The Morgan fingerprint density at radius 2 is 2.17 bits per heavy atom. The summed E-state index contributed by atoms with van der Waals surface area (Å²) in [6, 6.07) is 8.41. The van der Waals surface area contributed by atoms with Gasteiger partial charge >= 0.3 is 0 Å². The van der Waals surface area contributed by atoms with Crippen LogP contribution in [0.2, 0.25) is 0 Å². The lowest BCUT2D eigenvalue weighted by molar-refractivity contribution is 0.186. The third-order valence-electron chi connectivity index (χ3n) is 1.86. The number of ether oxygens (including phenoxy) is 1. The normalized spacial score (nSPS) is 10.8. The molecular formula is C10H10OS. The van der Waals surface area contributed by atoms with Crippen LogP contribution in [-0.4, -0.2) is 7.11 Å². The predicted octanol–water partition coefficient (Wildman–Crippen LogP) is 3.05. The molecule has 0 aliphatic carbocycles. The van der Waals surface area contributed by atoms with Crippen molar-refractivity contribution in [3.05, 3.63) is 35.2 Å². The van der Waals surface area contributed by atoms with E-state index in [1.165, 1.54) is 15.6 Å². The minimum atomic E-state index is 0.712. The second-order valence-electron chi connectivity index (χ2n) is 2.69. The number of hydrogen-bond acceptors (Lipinski definition) is 2. The number of hydrogen-bond donors (Lipinski definition) is 0.